The molecule has 0 bridgehead atoms. The molecule has 2 aromatic rings. The summed E-state index contributed by atoms with van der Waals surface area (Å²) >= 11 is 1.65. The van der Waals surface area contributed by atoms with Gasteiger partial charge in [-0.1, -0.05) is 11.3 Å². The van der Waals surface area contributed by atoms with Crippen LogP contribution in [0.5, 0.6) is 5.75 Å². The third kappa shape index (κ3) is 3.08. The predicted molar refractivity (Wildman–Crippen MR) is 82.5 cm³/mol. The van der Waals surface area contributed by atoms with Crippen molar-refractivity contribution in [3.05, 3.63) is 18.2 Å². The molecule has 1 saturated heterocycles. The predicted octanol–water partition coefficient (Wildman–Crippen LogP) is 1.51. The van der Waals surface area contributed by atoms with Crippen LogP contribution in [0.4, 0.5) is 5.13 Å². The topological polar surface area (TPSA) is 65.9 Å². The van der Waals surface area contributed by atoms with E-state index in [1.165, 1.54) is 0 Å². The monoisotopic (exact) mass is 307 g/mol. The van der Waals surface area contributed by atoms with E-state index in [-0.39, 0.29) is 6.54 Å². The lowest BCUT2D eigenvalue weighted by Gasteiger charge is -2.33. The van der Waals surface area contributed by atoms with Crippen molar-refractivity contribution in [2.45, 2.75) is 0 Å². The number of benzene rings is 1. The SMILES string of the molecule is COc1ccc2nc(N3CCN(CC(=O)O)CC3)sc2c1. The van der Waals surface area contributed by atoms with Crippen LogP contribution in [0.25, 0.3) is 10.2 Å². The number of fused-ring (bicyclic) bond motifs is 1. The van der Waals surface area contributed by atoms with Gasteiger partial charge in [-0.2, -0.15) is 0 Å². The van der Waals surface area contributed by atoms with Crippen molar-refractivity contribution in [2.75, 3.05) is 44.7 Å². The summed E-state index contributed by atoms with van der Waals surface area (Å²) in [5.41, 5.74) is 0.976. The Kier molecular flexibility index (Phi) is 3.94. The van der Waals surface area contributed by atoms with Crippen LogP contribution >= 0.6 is 11.3 Å². The van der Waals surface area contributed by atoms with Gasteiger partial charge in [-0.15, -0.1) is 0 Å². The van der Waals surface area contributed by atoms with Crippen LogP contribution in [0.1, 0.15) is 0 Å². The summed E-state index contributed by atoms with van der Waals surface area (Å²) < 4.78 is 6.34. The van der Waals surface area contributed by atoms with Crippen molar-refractivity contribution in [1.29, 1.82) is 0 Å². The number of carboxylic acids is 1. The summed E-state index contributed by atoms with van der Waals surface area (Å²) in [6.45, 7) is 3.25. The number of hydrogen-bond donors (Lipinski definition) is 1. The first kappa shape index (κ1) is 14.1. The molecule has 0 saturated carbocycles. The average molecular weight is 307 g/mol. The first-order chi connectivity index (χ1) is 10.2. The van der Waals surface area contributed by atoms with Crippen LogP contribution < -0.4 is 9.64 Å². The third-order valence-electron chi connectivity index (χ3n) is 3.59. The first-order valence-corrected chi connectivity index (χ1v) is 7.61. The van der Waals surface area contributed by atoms with Crippen LogP contribution in [0.3, 0.4) is 0 Å². The number of piperazine rings is 1. The van der Waals surface area contributed by atoms with Gasteiger partial charge < -0.3 is 14.7 Å². The molecule has 7 heteroatoms. The van der Waals surface area contributed by atoms with Gasteiger partial charge in [-0.05, 0) is 18.2 Å². The van der Waals surface area contributed by atoms with E-state index < -0.39 is 5.97 Å². The number of hydrogen-bond acceptors (Lipinski definition) is 6. The number of carbonyl (C=O) groups is 1. The van der Waals surface area contributed by atoms with E-state index in [0.717, 1.165) is 47.3 Å². The molecule has 1 fully saturated rings. The standard InChI is InChI=1S/C14H17N3O3S/c1-20-10-2-3-11-12(8-10)21-14(15-11)17-6-4-16(5-7-17)9-13(18)19/h2-3,8H,4-7,9H2,1H3,(H,18,19). The summed E-state index contributed by atoms with van der Waals surface area (Å²) in [6.07, 6.45) is 0. The molecule has 0 radical (unpaired) electrons. The molecule has 0 amide bonds. The van der Waals surface area contributed by atoms with Crippen molar-refractivity contribution in [3.8, 4) is 5.75 Å². The number of nitrogens with zero attached hydrogens (tertiary/aromatic N) is 3. The molecule has 0 aliphatic carbocycles. The minimum Gasteiger partial charge on any atom is -0.497 e. The van der Waals surface area contributed by atoms with E-state index in [4.69, 9.17) is 9.84 Å². The molecule has 1 aliphatic heterocycles. The van der Waals surface area contributed by atoms with Crippen LogP contribution in [-0.2, 0) is 4.79 Å². The van der Waals surface area contributed by atoms with Crippen LogP contribution in [0.15, 0.2) is 18.2 Å². The highest BCUT2D eigenvalue weighted by Gasteiger charge is 2.21. The summed E-state index contributed by atoms with van der Waals surface area (Å²) in [5.74, 6) is 0.0690. The largest absolute Gasteiger partial charge is 0.497 e. The van der Waals surface area contributed by atoms with E-state index >= 15 is 0 Å². The van der Waals surface area contributed by atoms with Gasteiger partial charge >= 0.3 is 5.97 Å². The first-order valence-electron chi connectivity index (χ1n) is 6.79. The fourth-order valence-electron chi connectivity index (χ4n) is 2.44. The maximum atomic E-state index is 10.7. The van der Waals surface area contributed by atoms with Crippen LogP contribution in [0.2, 0.25) is 0 Å². The quantitative estimate of drug-likeness (QED) is 0.923. The molecule has 1 N–H and O–H groups in total. The van der Waals surface area contributed by atoms with Gasteiger partial charge in [0, 0.05) is 26.2 Å². The summed E-state index contributed by atoms with van der Waals surface area (Å²) in [7, 11) is 1.66. The number of aromatic nitrogens is 1. The van der Waals surface area contributed by atoms with E-state index in [2.05, 4.69) is 9.88 Å². The number of methoxy groups -OCH3 is 1. The highest BCUT2D eigenvalue weighted by Crippen LogP contribution is 2.31. The van der Waals surface area contributed by atoms with Crippen molar-refractivity contribution < 1.29 is 14.6 Å². The maximum Gasteiger partial charge on any atom is 0.317 e. The Morgan fingerprint density at radius 2 is 2.14 bits per heavy atom. The smallest absolute Gasteiger partial charge is 0.317 e. The molecule has 2 heterocycles. The minimum absolute atomic E-state index is 0.116. The average Bonchev–Trinajstić information content (AvgIpc) is 2.90. The van der Waals surface area contributed by atoms with Crippen molar-refractivity contribution in [1.82, 2.24) is 9.88 Å². The summed E-state index contributed by atoms with van der Waals surface area (Å²) in [4.78, 5) is 19.5. The van der Waals surface area contributed by atoms with E-state index in [1.54, 1.807) is 18.4 Å². The van der Waals surface area contributed by atoms with Gasteiger partial charge in [0.05, 0.1) is 23.9 Å². The molecule has 1 aliphatic rings. The summed E-state index contributed by atoms with van der Waals surface area (Å²) in [6, 6.07) is 5.88. The fraction of sp³-hybridized carbons (Fsp3) is 0.429. The molecular formula is C14H17N3O3S. The Bertz CT molecular complexity index is 650. The molecular weight excluding hydrogens is 290 g/mol. The Balaban J connectivity index is 1.72. The maximum absolute atomic E-state index is 10.7. The fourth-order valence-corrected chi connectivity index (χ4v) is 3.49. The number of thiazole rings is 1. The molecule has 1 aromatic carbocycles. The molecule has 21 heavy (non-hydrogen) atoms. The number of anilines is 1. The second-order valence-electron chi connectivity index (χ2n) is 4.99. The van der Waals surface area contributed by atoms with Crippen molar-refractivity contribution >= 4 is 32.7 Å². The number of aliphatic carboxylic acids is 1. The second kappa shape index (κ2) is 5.87. The van der Waals surface area contributed by atoms with Gasteiger partial charge in [0.2, 0.25) is 0 Å². The van der Waals surface area contributed by atoms with Gasteiger partial charge in [0.15, 0.2) is 5.13 Å². The molecule has 6 nitrogen and oxygen atoms in total. The zero-order chi connectivity index (χ0) is 14.8. The lowest BCUT2D eigenvalue weighted by molar-refractivity contribution is -0.138. The lowest BCUT2D eigenvalue weighted by atomic mass is 10.3. The Morgan fingerprint density at radius 1 is 1.38 bits per heavy atom. The highest BCUT2D eigenvalue weighted by molar-refractivity contribution is 7.22. The molecule has 0 atom stereocenters. The van der Waals surface area contributed by atoms with Gasteiger partial charge in [-0.25, -0.2) is 4.98 Å². The van der Waals surface area contributed by atoms with Crippen molar-refractivity contribution in [2.24, 2.45) is 0 Å². The van der Waals surface area contributed by atoms with E-state index in [0.29, 0.717) is 0 Å². The van der Waals surface area contributed by atoms with Gasteiger partial charge in [0.25, 0.3) is 0 Å². The molecule has 3 rings (SSSR count). The Morgan fingerprint density at radius 3 is 2.81 bits per heavy atom. The second-order valence-corrected chi connectivity index (χ2v) is 6.00. The van der Waals surface area contributed by atoms with E-state index in [1.807, 2.05) is 23.1 Å². The van der Waals surface area contributed by atoms with Gasteiger partial charge in [-0.3, -0.25) is 9.69 Å². The number of carboxylic acid groups (broad SMARTS) is 1. The van der Waals surface area contributed by atoms with Crippen LogP contribution in [-0.4, -0.2) is 60.8 Å². The van der Waals surface area contributed by atoms with Crippen molar-refractivity contribution in [3.63, 3.8) is 0 Å². The summed E-state index contributed by atoms with van der Waals surface area (Å²) in [5, 5.41) is 9.81. The van der Waals surface area contributed by atoms with Gasteiger partial charge in [0.1, 0.15) is 5.75 Å². The Labute approximate surface area is 126 Å². The normalized spacial score (nSPS) is 16.3. The highest BCUT2D eigenvalue weighted by atomic mass is 32.1. The van der Waals surface area contributed by atoms with Crippen LogP contribution in [0, 0.1) is 0 Å². The number of rotatable bonds is 4. The zero-order valence-electron chi connectivity index (χ0n) is 11.8. The molecule has 112 valence electrons. The van der Waals surface area contributed by atoms with E-state index in [9.17, 15) is 4.79 Å². The minimum atomic E-state index is -0.768. The number of ether oxygens (including phenoxy) is 1. The third-order valence-corrected chi connectivity index (χ3v) is 4.66. The molecule has 0 unspecified atom stereocenters. The lowest BCUT2D eigenvalue weighted by Crippen LogP contribution is -2.47. The Hall–Kier alpha value is -1.86. The molecule has 0 spiro atoms. The zero-order valence-corrected chi connectivity index (χ0v) is 12.6. The molecule has 1 aromatic heterocycles.